The zero-order chi connectivity index (χ0) is 21.0. The minimum atomic E-state index is -0.476. The molecule has 0 aliphatic rings. The van der Waals surface area contributed by atoms with Crippen molar-refractivity contribution in [3.8, 4) is 0 Å². The maximum Gasteiger partial charge on any atom is 0.337 e. The van der Waals surface area contributed by atoms with Gasteiger partial charge in [-0.15, -0.1) is 6.58 Å². The monoisotopic (exact) mass is 410 g/mol. The van der Waals surface area contributed by atoms with E-state index in [0.717, 1.165) is 10.2 Å². The number of nitrogens with zero attached hydrogens (tertiary/aromatic N) is 2. The maximum atomic E-state index is 12.6. The van der Waals surface area contributed by atoms with Crippen LogP contribution in [0.25, 0.3) is 10.2 Å². The van der Waals surface area contributed by atoms with Gasteiger partial charge in [0.25, 0.3) is 5.91 Å². The van der Waals surface area contributed by atoms with Crippen LogP contribution in [0.5, 0.6) is 0 Å². The third-order valence-electron chi connectivity index (χ3n) is 4.17. The summed E-state index contributed by atoms with van der Waals surface area (Å²) in [6.45, 7) is 4.20. The van der Waals surface area contributed by atoms with Crippen LogP contribution in [0.4, 0.5) is 0 Å². The van der Waals surface area contributed by atoms with Crippen LogP contribution in [0.15, 0.2) is 60.1 Å². The van der Waals surface area contributed by atoms with Crippen LogP contribution >= 0.6 is 11.3 Å². The SMILES string of the molecule is C=CCn1c(=NC(=O)c2ccc(C(=O)OC)cc2)sc2cc(C(=O)OC)ccc21. The van der Waals surface area contributed by atoms with Crippen molar-refractivity contribution in [2.75, 3.05) is 14.2 Å². The summed E-state index contributed by atoms with van der Waals surface area (Å²) in [6, 6.07) is 11.2. The van der Waals surface area contributed by atoms with Gasteiger partial charge in [0, 0.05) is 12.1 Å². The number of carbonyl (C=O) groups is 3. The van der Waals surface area contributed by atoms with E-state index < -0.39 is 17.8 Å². The quantitative estimate of drug-likeness (QED) is 0.476. The van der Waals surface area contributed by atoms with Gasteiger partial charge in [-0.25, -0.2) is 9.59 Å². The highest BCUT2D eigenvalue weighted by Crippen LogP contribution is 2.20. The Hall–Kier alpha value is -3.52. The molecule has 0 unspecified atom stereocenters. The number of hydrogen-bond donors (Lipinski definition) is 0. The first-order valence-electron chi connectivity index (χ1n) is 8.58. The minimum Gasteiger partial charge on any atom is -0.465 e. The first-order valence-corrected chi connectivity index (χ1v) is 9.40. The standard InChI is InChI=1S/C21H18N2O5S/c1-4-11-23-16-10-9-15(20(26)28-3)12-17(16)29-21(23)22-18(24)13-5-7-14(8-6-13)19(25)27-2/h4-10,12H,1,11H2,2-3H3. The average molecular weight is 410 g/mol. The van der Waals surface area contributed by atoms with Gasteiger partial charge in [-0.05, 0) is 42.5 Å². The lowest BCUT2D eigenvalue weighted by Crippen LogP contribution is -2.16. The van der Waals surface area contributed by atoms with Gasteiger partial charge in [0.2, 0.25) is 0 Å². The number of fused-ring (bicyclic) bond motifs is 1. The highest BCUT2D eigenvalue weighted by atomic mass is 32.1. The minimum absolute atomic E-state index is 0.343. The zero-order valence-electron chi connectivity index (χ0n) is 15.9. The summed E-state index contributed by atoms with van der Waals surface area (Å²) in [5, 5.41) is 0. The number of aromatic nitrogens is 1. The van der Waals surface area contributed by atoms with E-state index in [4.69, 9.17) is 4.74 Å². The summed E-state index contributed by atoms with van der Waals surface area (Å²) in [5.41, 5.74) is 1.94. The molecule has 0 spiro atoms. The Morgan fingerprint density at radius 2 is 1.59 bits per heavy atom. The average Bonchev–Trinajstić information content (AvgIpc) is 3.09. The van der Waals surface area contributed by atoms with Gasteiger partial charge in [-0.1, -0.05) is 17.4 Å². The number of methoxy groups -OCH3 is 2. The lowest BCUT2D eigenvalue weighted by Gasteiger charge is -2.03. The molecule has 1 heterocycles. The summed E-state index contributed by atoms with van der Waals surface area (Å²) in [6.07, 6.45) is 1.70. The molecular weight excluding hydrogens is 392 g/mol. The van der Waals surface area contributed by atoms with E-state index in [-0.39, 0.29) is 0 Å². The largest absolute Gasteiger partial charge is 0.465 e. The van der Waals surface area contributed by atoms with E-state index in [1.54, 1.807) is 24.3 Å². The zero-order valence-corrected chi connectivity index (χ0v) is 16.7. The van der Waals surface area contributed by atoms with E-state index in [9.17, 15) is 14.4 Å². The number of esters is 2. The van der Waals surface area contributed by atoms with Crippen molar-refractivity contribution < 1.29 is 23.9 Å². The Balaban J connectivity index is 2.04. The van der Waals surface area contributed by atoms with Crippen LogP contribution in [0.2, 0.25) is 0 Å². The molecule has 29 heavy (non-hydrogen) atoms. The fourth-order valence-electron chi connectivity index (χ4n) is 2.73. The number of thiazole rings is 1. The van der Waals surface area contributed by atoms with Gasteiger partial charge >= 0.3 is 11.9 Å². The smallest absolute Gasteiger partial charge is 0.337 e. The number of hydrogen-bond acceptors (Lipinski definition) is 6. The molecule has 0 aliphatic heterocycles. The molecule has 0 aliphatic carbocycles. The molecule has 148 valence electrons. The summed E-state index contributed by atoms with van der Waals surface area (Å²) in [5.74, 6) is -1.36. The van der Waals surface area contributed by atoms with E-state index in [1.807, 2.05) is 4.57 Å². The second-order valence-corrected chi connectivity index (χ2v) is 6.95. The molecule has 7 nitrogen and oxygen atoms in total. The van der Waals surface area contributed by atoms with Gasteiger partial charge in [0.1, 0.15) is 0 Å². The lowest BCUT2D eigenvalue weighted by atomic mass is 10.1. The van der Waals surface area contributed by atoms with Gasteiger partial charge < -0.3 is 14.0 Å². The van der Waals surface area contributed by atoms with Crippen molar-refractivity contribution >= 4 is 39.4 Å². The van der Waals surface area contributed by atoms with E-state index >= 15 is 0 Å². The summed E-state index contributed by atoms with van der Waals surface area (Å²) in [4.78, 5) is 40.7. The molecule has 0 atom stereocenters. The summed E-state index contributed by atoms with van der Waals surface area (Å²) < 4.78 is 12.0. The predicted molar refractivity (Wildman–Crippen MR) is 109 cm³/mol. The van der Waals surface area contributed by atoms with Gasteiger partial charge in [-0.3, -0.25) is 4.79 Å². The van der Waals surface area contributed by atoms with E-state index in [2.05, 4.69) is 16.3 Å². The first-order chi connectivity index (χ1) is 14.0. The molecular formula is C21H18N2O5S. The van der Waals surface area contributed by atoms with Gasteiger partial charge in [0.15, 0.2) is 4.80 Å². The Morgan fingerprint density at radius 1 is 1.00 bits per heavy atom. The number of ether oxygens (including phenoxy) is 2. The highest BCUT2D eigenvalue weighted by molar-refractivity contribution is 7.16. The molecule has 0 fully saturated rings. The van der Waals surface area contributed by atoms with Crippen molar-refractivity contribution in [3.05, 3.63) is 76.6 Å². The molecule has 8 heteroatoms. The van der Waals surface area contributed by atoms with Crippen LogP contribution in [0.1, 0.15) is 31.1 Å². The van der Waals surface area contributed by atoms with Crippen LogP contribution in [0, 0.1) is 0 Å². The number of rotatable bonds is 5. The van der Waals surface area contributed by atoms with E-state index in [1.165, 1.54) is 49.8 Å². The van der Waals surface area contributed by atoms with Gasteiger partial charge in [-0.2, -0.15) is 4.99 Å². The molecule has 0 saturated carbocycles. The third-order valence-corrected chi connectivity index (χ3v) is 5.21. The Kier molecular flexibility index (Phi) is 6.04. The topological polar surface area (TPSA) is 87.0 Å². The summed E-state index contributed by atoms with van der Waals surface area (Å²) >= 11 is 1.29. The van der Waals surface area contributed by atoms with Gasteiger partial charge in [0.05, 0.1) is 35.6 Å². The van der Waals surface area contributed by atoms with Crippen molar-refractivity contribution in [3.63, 3.8) is 0 Å². The van der Waals surface area contributed by atoms with E-state index in [0.29, 0.717) is 28.0 Å². The maximum absolute atomic E-state index is 12.6. The Morgan fingerprint density at radius 3 is 2.21 bits per heavy atom. The number of carbonyl (C=O) groups excluding carboxylic acids is 3. The predicted octanol–water partition coefficient (Wildman–Crippen LogP) is 3.20. The number of allylic oxidation sites excluding steroid dienone is 1. The normalized spacial score (nSPS) is 11.3. The fourth-order valence-corrected chi connectivity index (χ4v) is 3.80. The molecule has 1 aromatic heterocycles. The Bertz CT molecular complexity index is 1170. The third kappa shape index (κ3) is 4.17. The molecule has 3 rings (SSSR count). The fraction of sp³-hybridized carbons (Fsp3) is 0.143. The summed E-state index contributed by atoms with van der Waals surface area (Å²) in [7, 11) is 2.62. The molecule has 0 bridgehead atoms. The lowest BCUT2D eigenvalue weighted by molar-refractivity contribution is 0.0592. The van der Waals surface area contributed by atoms with Crippen LogP contribution < -0.4 is 4.80 Å². The molecule has 0 N–H and O–H groups in total. The molecule has 1 amide bonds. The molecule has 3 aromatic rings. The van der Waals surface area contributed by atoms with Crippen LogP contribution in [0.3, 0.4) is 0 Å². The second-order valence-electron chi connectivity index (χ2n) is 5.94. The van der Waals surface area contributed by atoms with Crippen molar-refractivity contribution in [1.82, 2.24) is 4.57 Å². The number of benzene rings is 2. The Labute approximate surface area is 170 Å². The number of amides is 1. The molecule has 0 saturated heterocycles. The molecule has 0 radical (unpaired) electrons. The van der Waals surface area contributed by atoms with Crippen LogP contribution in [-0.2, 0) is 16.0 Å². The van der Waals surface area contributed by atoms with Crippen molar-refractivity contribution in [2.24, 2.45) is 4.99 Å². The van der Waals surface area contributed by atoms with Crippen LogP contribution in [-0.4, -0.2) is 36.6 Å². The first kappa shape index (κ1) is 20.2. The highest BCUT2D eigenvalue weighted by Gasteiger charge is 2.13. The van der Waals surface area contributed by atoms with Crippen molar-refractivity contribution in [1.29, 1.82) is 0 Å². The second kappa shape index (κ2) is 8.66. The van der Waals surface area contributed by atoms with Crippen molar-refractivity contribution in [2.45, 2.75) is 6.54 Å². The molecule has 2 aromatic carbocycles.